The lowest BCUT2D eigenvalue weighted by Gasteiger charge is -2.08. The highest BCUT2D eigenvalue weighted by Gasteiger charge is 2.12. The summed E-state index contributed by atoms with van der Waals surface area (Å²) in [5, 5.41) is 5.25. The molecule has 1 nitrogen and oxygen atoms in total. The van der Waals surface area contributed by atoms with E-state index in [9.17, 15) is 0 Å². The molecule has 0 aliphatic rings. The molecular formula is C30H19NS. The van der Waals surface area contributed by atoms with E-state index in [-0.39, 0.29) is 0 Å². The highest BCUT2D eigenvalue weighted by Crippen LogP contribution is 2.40. The lowest BCUT2D eigenvalue weighted by atomic mass is 9.96. The molecule has 0 saturated carbocycles. The third-order valence-electron chi connectivity index (χ3n) is 6.45. The fourth-order valence-electron chi connectivity index (χ4n) is 4.96. The zero-order chi connectivity index (χ0) is 21.1. The van der Waals surface area contributed by atoms with Crippen LogP contribution in [0.1, 0.15) is 0 Å². The first-order valence-corrected chi connectivity index (χ1v) is 11.7. The van der Waals surface area contributed by atoms with Gasteiger partial charge in [-0.25, -0.2) is 0 Å². The van der Waals surface area contributed by atoms with Gasteiger partial charge in [-0.05, 0) is 34.9 Å². The van der Waals surface area contributed by atoms with Crippen LogP contribution in [-0.2, 0) is 0 Å². The quantitative estimate of drug-likeness (QED) is 0.284. The average Bonchev–Trinajstić information content (AvgIpc) is 3.42. The van der Waals surface area contributed by atoms with Crippen LogP contribution >= 0.6 is 11.3 Å². The second-order valence-corrected chi connectivity index (χ2v) is 9.34. The van der Waals surface area contributed by atoms with Crippen molar-refractivity contribution in [2.24, 2.45) is 0 Å². The molecule has 0 unspecified atom stereocenters. The Morgan fingerprint density at radius 3 is 1.97 bits per heavy atom. The van der Waals surface area contributed by atoms with E-state index in [1.165, 1.54) is 64.2 Å². The second-order valence-electron chi connectivity index (χ2n) is 8.25. The summed E-state index contributed by atoms with van der Waals surface area (Å²) in [5.41, 5.74) is 7.41. The number of fused-ring (bicyclic) bond motifs is 6. The van der Waals surface area contributed by atoms with Crippen molar-refractivity contribution in [3.8, 4) is 22.3 Å². The van der Waals surface area contributed by atoms with Crippen molar-refractivity contribution < 1.29 is 0 Å². The number of hydrogen-bond acceptors (Lipinski definition) is 1. The topological polar surface area (TPSA) is 15.8 Å². The number of para-hydroxylation sites is 2. The smallest absolute Gasteiger partial charge is 0.0544 e. The Balaban J connectivity index is 1.39. The van der Waals surface area contributed by atoms with Gasteiger partial charge in [0.2, 0.25) is 0 Å². The summed E-state index contributed by atoms with van der Waals surface area (Å²) >= 11 is 1.87. The minimum atomic E-state index is 1.18. The number of rotatable bonds is 2. The molecule has 0 bridgehead atoms. The molecule has 0 saturated heterocycles. The van der Waals surface area contributed by atoms with Crippen LogP contribution in [0, 0.1) is 0 Å². The van der Waals surface area contributed by atoms with Crippen molar-refractivity contribution >= 4 is 53.3 Å². The van der Waals surface area contributed by atoms with E-state index >= 15 is 0 Å². The van der Waals surface area contributed by atoms with Gasteiger partial charge < -0.3 is 4.98 Å². The number of H-pyrrole nitrogens is 1. The van der Waals surface area contributed by atoms with Crippen LogP contribution in [0.4, 0.5) is 0 Å². The number of hydrogen-bond donors (Lipinski definition) is 1. The van der Waals surface area contributed by atoms with Crippen molar-refractivity contribution in [3.63, 3.8) is 0 Å². The largest absolute Gasteiger partial charge is 0.354 e. The van der Waals surface area contributed by atoms with Crippen molar-refractivity contribution in [1.29, 1.82) is 0 Å². The summed E-state index contributed by atoms with van der Waals surface area (Å²) in [7, 11) is 0. The Morgan fingerprint density at radius 1 is 0.469 bits per heavy atom. The summed E-state index contributed by atoms with van der Waals surface area (Å²) in [5.74, 6) is 0. The van der Waals surface area contributed by atoms with Crippen molar-refractivity contribution in [1.82, 2.24) is 4.98 Å². The number of aromatic nitrogens is 1. The van der Waals surface area contributed by atoms with E-state index in [4.69, 9.17) is 0 Å². The molecule has 0 spiro atoms. The molecule has 0 amide bonds. The third kappa shape index (κ3) is 2.57. The van der Waals surface area contributed by atoms with Gasteiger partial charge in [-0.15, -0.1) is 11.3 Å². The number of benzene rings is 5. The molecule has 0 aliphatic carbocycles. The highest BCUT2D eigenvalue weighted by atomic mass is 32.1. The SMILES string of the molecule is c1ccc2c(c1)[nH]c1c(-c3ccc(-c4cccc5sc6ccccc6c45)cc3)cccc12. The van der Waals surface area contributed by atoms with E-state index in [0.717, 1.165) is 0 Å². The number of thiophene rings is 1. The standard InChI is InChI=1S/C30H19NS/c1-3-12-26-23(7-1)24-11-5-10-22(30(24)31-26)20-17-15-19(16-18-20)21-9-6-14-28-29(21)25-8-2-4-13-27(25)32-28/h1-18,31H. The molecule has 7 rings (SSSR count). The van der Waals surface area contributed by atoms with Crippen LogP contribution in [0.2, 0.25) is 0 Å². The predicted molar refractivity (Wildman–Crippen MR) is 140 cm³/mol. The molecule has 0 atom stereocenters. The summed E-state index contributed by atoms with van der Waals surface area (Å²) in [6, 6.07) is 39.5. The Hall–Kier alpha value is -3.88. The zero-order valence-electron chi connectivity index (χ0n) is 17.3. The fourth-order valence-corrected chi connectivity index (χ4v) is 6.09. The van der Waals surface area contributed by atoms with Crippen LogP contribution in [0.3, 0.4) is 0 Å². The van der Waals surface area contributed by atoms with Crippen molar-refractivity contribution in [3.05, 3.63) is 109 Å². The Labute approximate surface area is 189 Å². The number of nitrogens with one attached hydrogen (secondary N) is 1. The van der Waals surface area contributed by atoms with Gasteiger partial charge >= 0.3 is 0 Å². The lowest BCUT2D eigenvalue weighted by molar-refractivity contribution is 1.53. The van der Waals surface area contributed by atoms with Gasteiger partial charge in [0.05, 0.1) is 5.52 Å². The van der Waals surface area contributed by atoms with Crippen LogP contribution in [0.5, 0.6) is 0 Å². The van der Waals surface area contributed by atoms with E-state index in [1.54, 1.807) is 0 Å². The molecule has 0 aliphatic heterocycles. The van der Waals surface area contributed by atoms with Crippen LogP contribution in [-0.4, -0.2) is 4.98 Å². The molecule has 0 radical (unpaired) electrons. The van der Waals surface area contributed by atoms with Crippen LogP contribution in [0.25, 0.3) is 64.2 Å². The van der Waals surface area contributed by atoms with Crippen LogP contribution in [0.15, 0.2) is 109 Å². The van der Waals surface area contributed by atoms with Gasteiger partial charge in [0.15, 0.2) is 0 Å². The molecule has 0 fully saturated rings. The maximum Gasteiger partial charge on any atom is 0.0544 e. The van der Waals surface area contributed by atoms with Gasteiger partial charge in [-0.1, -0.05) is 91.0 Å². The molecule has 2 aromatic heterocycles. The molecule has 2 heteroatoms. The normalized spacial score (nSPS) is 11.8. The molecule has 2 heterocycles. The second kappa shape index (κ2) is 6.81. The Kier molecular flexibility index (Phi) is 3.78. The summed E-state index contributed by atoms with van der Waals surface area (Å²) in [6.07, 6.45) is 0. The number of aromatic amines is 1. The van der Waals surface area contributed by atoms with E-state index in [2.05, 4.69) is 114 Å². The fraction of sp³-hybridized carbons (Fsp3) is 0. The zero-order valence-corrected chi connectivity index (χ0v) is 18.1. The first kappa shape index (κ1) is 17.8. The summed E-state index contributed by atoms with van der Waals surface area (Å²) in [4.78, 5) is 3.63. The molecule has 1 N–H and O–H groups in total. The third-order valence-corrected chi connectivity index (χ3v) is 7.59. The Morgan fingerprint density at radius 2 is 1.09 bits per heavy atom. The van der Waals surface area contributed by atoms with E-state index in [0.29, 0.717) is 0 Å². The molecule has 7 aromatic rings. The van der Waals surface area contributed by atoms with E-state index < -0.39 is 0 Å². The Bertz CT molecular complexity index is 1770. The van der Waals surface area contributed by atoms with Crippen molar-refractivity contribution in [2.75, 3.05) is 0 Å². The first-order chi connectivity index (χ1) is 15.9. The first-order valence-electron chi connectivity index (χ1n) is 10.9. The predicted octanol–water partition coefficient (Wildman–Crippen LogP) is 9.02. The van der Waals surface area contributed by atoms with Crippen LogP contribution < -0.4 is 0 Å². The minimum Gasteiger partial charge on any atom is -0.354 e. The molecule has 150 valence electrons. The average molecular weight is 426 g/mol. The molecular weight excluding hydrogens is 406 g/mol. The van der Waals surface area contributed by atoms with Gasteiger partial charge in [0.25, 0.3) is 0 Å². The summed E-state index contributed by atoms with van der Waals surface area (Å²) in [6.45, 7) is 0. The van der Waals surface area contributed by atoms with Crippen molar-refractivity contribution in [2.45, 2.75) is 0 Å². The lowest BCUT2D eigenvalue weighted by Crippen LogP contribution is -1.83. The maximum atomic E-state index is 3.63. The monoisotopic (exact) mass is 425 g/mol. The van der Waals surface area contributed by atoms with Gasteiger partial charge in [0, 0.05) is 42.0 Å². The van der Waals surface area contributed by atoms with Gasteiger partial charge in [-0.3, -0.25) is 0 Å². The van der Waals surface area contributed by atoms with Gasteiger partial charge in [0.1, 0.15) is 0 Å². The van der Waals surface area contributed by atoms with E-state index in [1.807, 2.05) is 11.3 Å². The van der Waals surface area contributed by atoms with Gasteiger partial charge in [-0.2, -0.15) is 0 Å². The summed E-state index contributed by atoms with van der Waals surface area (Å²) < 4.78 is 2.69. The minimum absolute atomic E-state index is 1.18. The highest BCUT2D eigenvalue weighted by molar-refractivity contribution is 7.25. The molecule has 5 aromatic carbocycles. The molecule has 32 heavy (non-hydrogen) atoms. The maximum absolute atomic E-state index is 3.63.